The Morgan fingerprint density at radius 2 is 1.91 bits per heavy atom. The van der Waals surface area contributed by atoms with E-state index in [2.05, 4.69) is 5.32 Å². The molecule has 0 aliphatic rings. The molecule has 0 aromatic heterocycles. The number of nitrogens with one attached hydrogen (secondary N) is 1. The molecule has 0 heterocycles. The van der Waals surface area contributed by atoms with Gasteiger partial charge in [0.05, 0.1) is 23.1 Å². The van der Waals surface area contributed by atoms with Gasteiger partial charge in [-0.25, -0.2) is 0 Å². The molecule has 2 aromatic carbocycles. The third kappa shape index (κ3) is 3.21. The summed E-state index contributed by atoms with van der Waals surface area (Å²) in [6, 6.07) is 12.3. The maximum Gasteiger partial charge on any atom is 0.292 e. The lowest BCUT2D eigenvalue weighted by atomic mass is 10.1. The lowest BCUT2D eigenvalue weighted by Gasteiger charge is -2.17. The second-order valence-electron chi connectivity index (χ2n) is 4.61. The molecule has 4 N–H and O–H groups in total. The standard InChI is InChI=1S/C15H15N3O4/c16-14-11(7-4-8-13(14)18(21)22)15(20)17-12(9-19)10-5-2-1-3-6-10/h1-8,12,19H,9,16H2,(H,17,20). The van der Waals surface area contributed by atoms with E-state index in [1.807, 2.05) is 6.07 Å². The summed E-state index contributed by atoms with van der Waals surface area (Å²) >= 11 is 0. The molecule has 22 heavy (non-hydrogen) atoms. The number of nitro groups is 1. The van der Waals surface area contributed by atoms with Crippen LogP contribution in [0.4, 0.5) is 11.4 Å². The molecule has 1 amide bonds. The highest BCUT2D eigenvalue weighted by Gasteiger charge is 2.21. The third-order valence-electron chi connectivity index (χ3n) is 3.21. The number of carbonyl (C=O) groups is 1. The Morgan fingerprint density at radius 1 is 1.23 bits per heavy atom. The molecule has 0 saturated heterocycles. The Bertz CT molecular complexity index is 688. The molecule has 1 atom stereocenters. The molecule has 0 aliphatic heterocycles. The van der Waals surface area contributed by atoms with Crippen molar-refractivity contribution in [2.24, 2.45) is 0 Å². The van der Waals surface area contributed by atoms with E-state index in [0.717, 1.165) is 5.56 Å². The predicted octanol–water partition coefficient (Wildman–Crippen LogP) is 1.64. The first-order valence-electron chi connectivity index (χ1n) is 6.54. The number of aliphatic hydroxyl groups is 1. The molecule has 0 bridgehead atoms. The lowest BCUT2D eigenvalue weighted by molar-refractivity contribution is -0.383. The van der Waals surface area contributed by atoms with Crippen molar-refractivity contribution in [2.75, 3.05) is 12.3 Å². The number of hydrogen-bond acceptors (Lipinski definition) is 5. The van der Waals surface area contributed by atoms with E-state index in [0.29, 0.717) is 0 Å². The van der Waals surface area contributed by atoms with Crippen LogP contribution < -0.4 is 11.1 Å². The number of benzene rings is 2. The average Bonchev–Trinajstić information content (AvgIpc) is 2.53. The van der Waals surface area contributed by atoms with Gasteiger partial charge in [-0.15, -0.1) is 0 Å². The van der Waals surface area contributed by atoms with E-state index in [-0.39, 0.29) is 23.5 Å². The molecule has 114 valence electrons. The largest absolute Gasteiger partial charge is 0.394 e. The van der Waals surface area contributed by atoms with Gasteiger partial charge in [-0.2, -0.15) is 0 Å². The topological polar surface area (TPSA) is 118 Å². The Hall–Kier alpha value is -2.93. The van der Waals surface area contributed by atoms with Gasteiger partial charge in [-0.1, -0.05) is 36.4 Å². The molecule has 2 rings (SSSR count). The number of amides is 1. The van der Waals surface area contributed by atoms with Crippen LogP contribution in [-0.2, 0) is 0 Å². The van der Waals surface area contributed by atoms with Crippen LogP contribution in [0.3, 0.4) is 0 Å². The van der Waals surface area contributed by atoms with Crippen molar-refractivity contribution in [3.63, 3.8) is 0 Å². The fraction of sp³-hybridized carbons (Fsp3) is 0.133. The monoisotopic (exact) mass is 301 g/mol. The Labute approximate surface area is 126 Å². The number of nitrogens with two attached hydrogens (primary N) is 1. The van der Waals surface area contributed by atoms with E-state index < -0.39 is 16.9 Å². The molecule has 0 spiro atoms. The first-order valence-corrected chi connectivity index (χ1v) is 6.54. The Kier molecular flexibility index (Phi) is 4.70. The van der Waals surface area contributed by atoms with Crippen LogP contribution in [0.25, 0.3) is 0 Å². The number of para-hydroxylation sites is 1. The highest BCUT2D eigenvalue weighted by molar-refractivity contribution is 6.01. The van der Waals surface area contributed by atoms with Gasteiger partial charge in [0.15, 0.2) is 0 Å². The molecular weight excluding hydrogens is 286 g/mol. The number of hydrogen-bond donors (Lipinski definition) is 3. The summed E-state index contributed by atoms with van der Waals surface area (Å²) in [5.41, 5.74) is 5.88. The van der Waals surface area contributed by atoms with E-state index >= 15 is 0 Å². The molecule has 0 aliphatic carbocycles. The van der Waals surface area contributed by atoms with Gasteiger partial charge < -0.3 is 16.2 Å². The molecule has 1 unspecified atom stereocenters. The number of nitrogens with zero attached hydrogens (tertiary/aromatic N) is 1. The normalized spacial score (nSPS) is 11.7. The van der Waals surface area contributed by atoms with Crippen LogP contribution in [0.5, 0.6) is 0 Å². The first kappa shape index (κ1) is 15.5. The highest BCUT2D eigenvalue weighted by Crippen LogP contribution is 2.25. The fourth-order valence-electron chi connectivity index (χ4n) is 2.07. The Balaban J connectivity index is 2.25. The zero-order valence-corrected chi connectivity index (χ0v) is 11.6. The lowest BCUT2D eigenvalue weighted by Crippen LogP contribution is -2.31. The van der Waals surface area contributed by atoms with Gasteiger partial charge in [0, 0.05) is 6.07 Å². The van der Waals surface area contributed by atoms with Gasteiger partial charge in [0.25, 0.3) is 11.6 Å². The summed E-state index contributed by atoms with van der Waals surface area (Å²) in [7, 11) is 0. The molecule has 7 nitrogen and oxygen atoms in total. The predicted molar refractivity (Wildman–Crippen MR) is 81.2 cm³/mol. The smallest absolute Gasteiger partial charge is 0.292 e. The van der Waals surface area contributed by atoms with Gasteiger partial charge in [0.1, 0.15) is 5.69 Å². The number of nitro benzene ring substituents is 1. The van der Waals surface area contributed by atoms with E-state index in [9.17, 15) is 20.0 Å². The zero-order chi connectivity index (χ0) is 16.1. The number of rotatable bonds is 5. The summed E-state index contributed by atoms with van der Waals surface area (Å²) in [5, 5.41) is 22.9. The second kappa shape index (κ2) is 6.68. The summed E-state index contributed by atoms with van der Waals surface area (Å²) < 4.78 is 0. The Morgan fingerprint density at radius 3 is 2.50 bits per heavy atom. The molecule has 0 radical (unpaired) electrons. The quantitative estimate of drug-likeness (QED) is 0.440. The summed E-state index contributed by atoms with van der Waals surface area (Å²) in [4.78, 5) is 22.5. The molecule has 0 saturated carbocycles. The first-order chi connectivity index (χ1) is 10.5. The second-order valence-corrected chi connectivity index (χ2v) is 4.61. The molecule has 2 aromatic rings. The van der Waals surface area contributed by atoms with Crippen molar-refractivity contribution in [3.8, 4) is 0 Å². The maximum absolute atomic E-state index is 12.3. The molecule has 7 heteroatoms. The van der Waals surface area contributed by atoms with Crippen LogP contribution in [-0.4, -0.2) is 22.5 Å². The minimum Gasteiger partial charge on any atom is -0.394 e. The van der Waals surface area contributed by atoms with Crippen LogP contribution in [0.2, 0.25) is 0 Å². The average molecular weight is 301 g/mol. The van der Waals surface area contributed by atoms with Crippen molar-refractivity contribution in [1.82, 2.24) is 5.32 Å². The van der Waals surface area contributed by atoms with Crippen LogP contribution in [0.1, 0.15) is 22.0 Å². The van der Waals surface area contributed by atoms with Crippen LogP contribution >= 0.6 is 0 Å². The minimum absolute atomic E-state index is 0.00332. The van der Waals surface area contributed by atoms with Gasteiger partial charge in [-0.3, -0.25) is 14.9 Å². The van der Waals surface area contributed by atoms with E-state index in [1.54, 1.807) is 24.3 Å². The zero-order valence-electron chi connectivity index (χ0n) is 11.6. The van der Waals surface area contributed by atoms with Gasteiger partial charge >= 0.3 is 0 Å². The van der Waals surface area contributed by atoms with Gasteiger partial charge in [-0.05, 0) is 11.6 Å². The van der Waals surface area contributed by atoms with E-state index in [1.165, 1.54) is 18.2 Å². The maximum atomic E-state index is 12.3. The minimum atomic E-state index is -0.646. The summed E-state index contributed by atoms with van der Waals surface area (Å²) in [5.74, 6) is -0.580. The van der Waals surface area contributed by atoms with Crippen molar-refractivity contribution < 1.29 is 14.8 Å². The van der Waals surface area contributed by atoms with Crippen molar-refractivity contribution in [3.05, 3.63) is 69.8 Å². The summed E-state index contributed by atoms with van der Waals surface area (Å²) in [6.45, 7) is -0.301. The van der Waals surface area contributed by atoms with Crippen molar-refractivity contribution in [2.45, 2.75) is 6.04 Å². The third-order valence-corrected chi connectivity index (χ3v) is 3.21. The SMILES string of the molecule is Nc1c(C(=O)NC(CO)c2ccccc2)cccc1[N+](=O)[O-]. The van der Waals surface area contributed by atoms with E-state index in [4.69, 9.17) is 5.73 Å². The van der Waals surface area contributed by atoms with Crippen molar-refractivity contribution >= 4 is 17.3 Å². The molecule has 0 fully saturated rings. The number of anilines is 1. The van der Waals surface area contributed by atoms with Crippen LogP contribution in [0.15, 0.2) is 48.5 Å². The highest BCUT2D eigenvalue weighted by atomic mass is 16.6. The number of aliphatic hydroxyl groups excluding tert-OH is 1. The number of nitrogen functional groups attached to an aromatic ring is 1. The molecular formula is C15H15N3O4. The van der Waals surface area contributed by atoms with Crippen molar-refractivity contribution in [1.29, 1.82) is 0 Å². The summed E-state index contributed by atoms with van der Waals surface area (Å²) in [6.07, 6.45) is 0. The fourth-order valence-corrected chi connectivity index (χ4v) is 2.07. The van der Waals surface area contributed by atoms with Crippen LogP contribution in [0, 0.1) is 10.1 Å². The van der Waals surface area contributed by atoms with Gasteiger partial charge in [0.2, 0.25) is 0 Å². The number of carbonyl (C=O) groups excluding carboxylic acids is 1.